The van der Waals surface area contributed by atoms with Crippen LogP contribution in [0.5, 0.6) is 0 Å². The quantitative estimate of drug-likeness (QED) is 0.694. The van der Waals surface area contributed by atoms with Gasteiger partial charge in [-0.1, -0.05) is 42.5 Å². The molecule has 0 aliphatic carbocycles. The van der Waals surface area contributed by atoms with Crippen LogP contribution in [-0.4, -0.2) is 16.4 Å². The fraction of sp³-hybridized carbons (Fsp3) is 0.238. The molecule has 2 aromatic carbocycles. The summed E-state index contributed by atoms with van der Waals surface area (Å²) in [7, 11) is 0. The summed E-state index contributed by atoms with van der Waals surface area (Å²) in [6.07, 6.45) is 3.15. The van der Waals surface area contributed by atoms with Gasteiger partial charge in [0.15, 0.2) is 6.23 Å². The number of rotatable bonds is 3. The van der Waals surface area contributed by atoms with Gasteiger partial charge in [0.05, 0.1) is 23.0 Å². The van der Waals surface area contributed by atoms with Crippen LogP contribution < -0.4 is 0 Å². The van der Waals surface area contributed by atoms with Crippen LogP contribution in [0.3, 0.4) is 0 Å². The number of ether oxygens (including phenoxy) is 1. The summed E-state index contributed by atoms with van der Waals surface area (Å²) in [5, 5.41) is 14.1. The third-order valence-corrected chi connectivity index (χ3v) is 4.52. The summed E-state index contributed by atoms with van der Waals surface area (Å²) in [4.78, 5) is 0. The second kappa shape index (κ2) is 6.92. The Hall–Kier alpha value is -2.90. The van der Waals surface area contributed by atoms with Crippen LogP contribution in [0.15, 0.2) is 60.7 Å². The van der Waals surface area contributed by atoms with Crippen molar-refractivity contribution in [1.29, 1.82) is 5.26 Å². The van der Waals surface area contributed by atoms with Gasteiger partial charge in [-0.3, -0.25) is 0 Å². The van der Waals surface area contributed by atoms with Gasteiger partial charge in [0.2, 0.25) is 0 Å². The van der Waals surface area contributed by atoms with Gasteiger partial charge in [0.1, 0.15) is 0 Å². The normalized spacial score (nSPS) is 17.2. The highest BCUT2D eigenvalue weighted by Gasteiger charge is 2.22. The van der Waals surface area contributed by atoms with Crippen LogP contribution >= 0.6 is 0 Å². The van der Waals surface area contributed by atoms with E-state index in [-0.39, 0.29) is 6.23 Å². The maximum absolute atomic E-state index is 9.21. The molecule has 1 aliphatic heterocycles. The largest absolute Gasteiger partial charge is 0.356 e. The summed E-state index contributed by atoms with van der Waals surface area (Å²) >= 11 is 0. The van der Waals surface area contributed by atoms with E-state index < -0.39 is 0 Å². The molecule has 1 fully saturated rings. The summed E-state index contributed by atoms with van der Waals surface area (Å²) in [6.45, 7) is 0.767. The van der Waals surface area contributed by atoms with Crippen molar-refractivity contribution >= 4 is 0 Å². The van der Waals surface area contributed by atoms with Gasteiger partial charge in [-0.2, -0.15) is 10.4 Å². The van der Waals surface area contributed by atoms with Crippen molar-refractivity contribution in [3.8, 4) is 28.6 Å². The molecule has 1 aromatic heterocycles. The van der Waals surface area contributed by atoms with Crippen LogP contribution in [0, 0.1) is 11.3 Å². The van der Waals surface area contributed by atoms with E-state index in [9.17, 15) is 5.26 Å². The van der Waals surface area contributed by atoms with Gasteiger partial charge in [0, 0.05) is 17.7 Å². The number of nitrogens with zero attached hydrogens (tertiary/aromatic N) is 3. The molecule has 1 saturated heterocycles. The monoisotopic (exact) mass is 329 g/mol. The zero-order chi connectivity index (χ0) is 17.1. The molecule has 0 saturated carbocycles. The van der Waals surface area contributed by atoms with E-state index in [1.807, 2.05) is 47.1 Å². The van der Waals surface area contributed by atoms with Crippen molar-refractivity contribution in [1.82, 2.24) is 9.78 Å². The van der Waals surface area contributed by atoms with E-state index in [1.54, 1.807) is 0 Å². The van der Waals surface area contributed by atoms with Crippen LogP contribution in [-0.2, 0) is 4.74 Å². The third-order valence-electron chi connectivity index (χ3n) is 4.52. The zero-order valence-corrected chi connectivity index (χ0v) is 13.9. The minimum Gasteiger partial charge on any atom is -0.356 e. The lowest BCUT2D eigenvalue weighted by atomic mass is 10.1. The van der Waals surface area contributed by atoms with Gasteiger partial charge >= 0.3 is 0 Å². The van der Waals surface area contributed by atoms with Gasteiger partial charge in [-0.25, -0.2) is 4.68 Å². The van der Waals surface area contributed by atoms with Gasteiger partial charge in [-0.05, 0) is 37.5 Å². The summed E-state index contributed by atoms with van der Waals surface area (Å²) < 4.78 is 7.95. The van der Waals surface area contributed by atoms with Crippen molar-refractivity contribution < 1.29 is 4.74 Å². The second-order valence-electron chi connectivity index (χ2n) is 6.24. The van der Waals surface area contributed by atoms with Gasteiger partial charge in [-0.15, -0.1) is 0 Å². The summed E-state index contributed by atoms with van der Waals surface area (Å²) in [5.74, 6) is 0. The lowest BCUT2D eigenvalue weighted by Gasteiger charge is -2.24. The molecule has 1 aliphatic rings. The van der Waals surface area contributed by atoms with Crippen molar-refractivity contribution in [2.45, 2.75) is 25.5 Å². The highest BCUT2D eigenvalue weighted by molar-refractivity contribution is 5.69. The maximum Gasteiger partial charge on any atom is 0.150 e. The molecular weight excluding hydrogens is 310 g/mol. The molecule has 25 heavy (non-hydrogen) atoms. The Kier molecular flexibility index (Phi) is 4.32. The zero-order valence-electron chi connectivity index (χ0n) is 13.9. The summed E-state index contributed by atoms with van der Waals surface area (Å²) in [5.41, 5.74) is 4.63. The maximum atomic E-state index is 9.21. The molecule has 0 spiro atoms. The van der Waals surface area contributed by atoms with Crippen LogP contribution in [0.4, 0.5) is 0 Å². The average molecular weight is 329 g/mol. The Morgan fingerprint density at radius 2 is 1.84 bits per heavy atom. The standard InChI is InChI=1S/C21H19N3O/c22-15-16-7-6-10-18(13-16)20-14-19(17-8-2-1-3-9-17)23-24(20)21-11-4-5-12-25-21/h1-3,6-10,13-14,21H,4-5,11-12H2. The topological polar surface area (TPSA) is 50.8 Å². The first-order valence-electron chi connectivity index (χ1n) is 8.62. The predicted octanol–water partition coefficient (Wildman–Crippen LogP) is 4.79. The molecule has 3 aromatic rings. The first kappa shape index (κ1) is 15.6. The fourth-order valence-electron chi connectivity index (χ4n) is 3.24. The predicted molar refractivity (Wildman–Crippen MR) is 96.7 cm³/mol. The van der Waals surface area contributed by atoms with E-state index in [0.29, 0.717) is 5.56 Å². The van der Waals surface area contributed by atoms with Gasteiger partial charge in [0.25, 0.3) is 0 Å². The highest BCUT2D eigenvalue weighted by Crippen LogP contribution is 2.32. The van der Waals surface area contributed by atoms with E-state index in [2.05, 4.69) is 24.3 Å². The van der Waals surface area contributed by atoms with E-state index in [0.717, 1.165) is 48.4 Å². The van der Waals surface area contributed by atoms with Crippen molar-refractivity contribution in [3.63, 3.8) is 0 Å². The van der Waals surface area contributed by atoms with Crippen molar-refractivity contribution in [2.24, 2.45) is 0 Å². The number of hydrogen-bond acceptors (Lipinski definition) is 3. The Balaban J connectivity index is 1.83. The molecule has 0 amide bonds. The first-order valence-corrected chi connectivity index (χ1v) is 8.62. The molecule has 4 heteroatoms. The minimum absolute atomic E-state index is 0.0491. The van der Waals surface area contributed by atoms with Crippen LogP contribution in [0.2, 0.25) is 0 Å². The lowest BCUT2D eigenvalue weighted by molar-refractivity contribution is -0.0382. The molecule has 4 rings (SSSR count). The third kappa shape index (κ3) is 3.19. The molecule has 0 bridgehead atoms. The minimum atomic E-state index is -0.0491. The van der Waals surface area contributed by atoms with Crippen molar-refractivity contribution in [3.05, 3.63) is 66.2 Å². The molecule has 1 unspecified atom stereocenters. The molecule has 4 nitrogen and oxygen atoms in total. The fourth-order valence-corrected chi connectivity index (χ4v) is 3.24. The Morgan fingerprint density at radius 3 is 2.60 bits per heavy atom. The van der Waals surface area contributed by atoms with Gasteiger partial charge < -0.3 is 4.74 Å². The molecular formula is C21H19N3O. The van der Waals surface area contributed by atoms with Crippen molar-refractivity contribution in [2.75, 3.05) is 6.61 Å². The number of aromatic nitrogens is 2. The average Bonchev–Trinajstić information content (AvgIpc) is 3.15. The van der Waals surface area contributed by atoms with E-state index in [1.165, 1.54) is 0 Å². The number of benzene rings is 2. The highest BCUT2D eigenvalue weighted by atomic mass is 16.5. The van der Waals surface area contributed by atoms with Crippen LogP contribution in [0.1, 0.15) is 31.1 Å². The summed E-state index contributed by atoms with van der Waals surface area (Å²) in [6, 6.07) is 22.1. The molecule has 0 radical (unpaired) electrons. The second-order valence-corrected chi connectivity index (χ2v) is 6.24. The van der Waals surface area contributed by atoms with Crippen LogP contribution in [0.25, 0.3) is 22.5 Å². The molecule has 0 N–H and O–H groups in total. The SMILES string of the molecule is N#Cc1cccc(-c2cc(-c3ccccc3)nn2C2CCCCO2)c1. The Morgan fingerprint density at radius 1 is 1.00 bits per heavy atom. The van der Waals surface area contributed by atoms with E-state index >= 15 is 0 Å². The Bertz CT molecular complexity index is 902. The lowest BCUT2D eigenvalue weighted by Crippen LogP contribution is -2.20. The molecule has 1 atom stereocenters. The smallest absolute Gasteiger partial charge is 0.150 e. The molecule has 2 heterocycles. The van der Waals surface area contributed by atoms with E-state index in [4.69, 9.17) is 9.84 Å². The first-order chi connectivity index (χ1) is 12.3. The molecule has 124 valence electrons. The number of hydrogen-bond donors (Lipinski definition) is 0. The Labute approximate surface area is 147 Å². The number of nitriles is 1.